The Balaban J connectivity index is 1.35. The molecule has 0 aromatic carbocycles. The van der Waals surface area contributed by atoms with Crippen molar-refractivity contribution in [3.05, 3.63) is 0 Å². The third-order valence-electron chi connectivity index (χ3n) is 5.22. The van der Waals surface area contributed by atoms with Crippen molar-refractivity contribution in [1.29, 1.82) is 0 Å². The lowest BCUT2D eigenvalue weighted by atomic mass is 9.83. The maximum absolute atomic E-state index is 6.34. The first kappa shape index (κ1) is 13.8. The summed E-state index contributed by atoms with van der Waals surface area (Å²) in [5, 5.41) is 3.40. The largest absolute Gasteiger partial charge is 0.378 e. The molecule has 1 atom stereocenters. The summed E-state index contributed by atoms with van der Waals surface area (Å²) < 4.78 is 12.3. The Morgan fingerprint density at radius 1 is 0.947 bits per heavy atom. The number of hydrogen-bond acceptors (Lipinski definition) is 3. The van der Waals surface area contributed by atoms with Gasteiger partial charge in [0.15, 0.2) is 0 Å². The molecule has 110 valence electrons. The maximum Gasteiger partial charge on any atom is 0.0817 e. The van der Waals surface area contributed by atoms with Gasteiger partial charge in [-0.2, -0.15) is 0 Å². The number of nitrogens with one attached hydrogen (secondary N) is 1. The molecule has 19 heavy (non-hydrogen) atoms. The van der Waals surface area contributed by atoms with E-state index in [2.05, 4.69) is 5.32 Å². The Morgan fingerprint density at radius 3 is 2.53 bits per heavy atom. The Labute approximate surface area is 117 Å². The molecule has 1 spiro atoms. The smallest absolute Gasteiger partial charge is 0.0817 e. The molecule has 0 aromatic heterocycles. The van der Waals surface area contributed by atoms with Crippen LogP contribution in [0, 0.1) is 5.92 Å². The van der Waals surface area contributed by atoms with Gasteiger partial charge < -0.3 is 14.8 Å². The summed E-state index contributed by atoms with van der Waals surface area (Å²) >= 11 is 0. The molecule has 3 aliphatic rings. The van der Waals surface area contributed by atoms with Crippen LogP contribution in [0.4, 0.5) is 0 Å². The van der Waals surface area contributed by atoms with Gasteiger partial charge in [0.2, 0.25) is 0 Å². The van der Waals surface area contributed by atoms with Crippen LogP contribution in [0.25, 0.3) is 0 Å². The van der Waals surface area contributed by atoms with Crippen LogP contribution < -0.4 is 5.32 Å². The molecule has 0 aromatic rings. The molecule has 3 heteroatoms. The molecule has 3 nitrogen and oxygen atoms in total. The van der Waals surface area contributed by atoms with E-state index in [4.69, 9.17) is 9.47 Å². The third-order valence-corrected chi connectivity index (χ3v) is 5.22. The summed E-state index contributed by atoms with van der Waals surface area (Å²) in [6.07, 6.45) is 12.1. The number of piperidine rings is 1. The minimum atomic E-state index is 0.251. The van der Waals surface area contributed by atoms with Crippen molar-refractivity contribution < 1.29 is 9.47 Å². The van der Waals surface area contributed by atoms with Crippen LogP contribution in [-0.4, -0.2) is 38.0 Å². The van der Waals surface area contributed by atoms with Gasteiger partial charge in [-0.3, -0.25) is 0 Å². The Morgan fingerprint density at radius 2 is 1.74 bits per heavy atom. The minimum absolute atomic E-state index is 0.251. The number of rotatable bonds is 4. The number of ether oxygens (including phenoxy) is 2. The highest BCUT2D eigenvalue weighted by molar-refractivity contribution is 4.91. The SMILES string of the molecule is C1CCC2(CC1)CCC(COCC1CCNCC1)O2. The van der Waals surface area contributed by atoms with E-state index in [-0.39, 0.29) is 5.60 Å². The lowest BCUT2D eigenvalue weighted by molar-refractivity contribution is -0.0910. The molecule has 0 radical (unpaired) electrons. The van der Waals surface area contributed by atoms with Gasteiger partial charge in [0, 0.05) is 6.61 Å². The molecule has 0 amide bonds. The summed E-state index contributed by atoms with van der Waals surface area (Å²) in [5.74, 6) is 0.770. The van der Waals surface area contributed by atoms with E-state index in [0.29, 0.717) is 6.10 Å². The van der Waals surface area contributed by atoms with Crippen LogP contribution in [0.5, 0.6) is 0 Å². The van der Waals surface area contributed by atoms with Crippen molar-refractivity contribution in [1.82, 2.24) is 5.32 Å². The van der Waals surface area contributed by atoms with E-state index in [9.17, 15) is 0 Å². The zero-order valence-corrected chi connectivity index (χ0v) is 12.2. The van der Waals surface area contributed by atoms with Crippen LogP contribution in [-0.2, 0) is 9.47 Å². The van der Waals surface area contributed by atoms with Gasteiger partial charge in [0.1, 0.15) is 0 Å². The van der Waals surface area contributed by atoms with Crippen molar-refractivity contribution in [2.24, 2.45) is 5.92 Å². The topological polar surface area (TPSA) is 30.5 Å². The van der Waals surface area contributed by atoms with Gasteiger partial charge in [-0.05, 0) is 57.5 Å². The van der Waals surface area contributed by atoms with Crippen molar-refractivity contribution >= 4 is 0 Å². The van der Waals surface area contributed by atoms with E-state index >= 15 is 0 Å². The van der Waals surface area contributed by atoms with E-state index in [1.165, 1.54) is 57.8 Å². The van der Waals surface area contributed by atoms with Crippen LogP contribution in [0.3, 0.4) is 0 Å². The second kappa shape index (κ2) is 6.55. The fraction of sp³-hybridized carbons (Fsp3) is 1.00. The average molecular weight is 267 g/mol. The Kier molecular flexibility index (Phi) is 4.78. The molecule has 3 rings (SSSR count). The molecule has 3 fully saturated rings. The molecule has 2 aliphatic heterocycles. The van der Waals surface area contributed by atoms with Crippen LogP contribution in [0.1, 0.15) is 57.8 Å². The standard InChI is InChI=1S/C16H29NO2/c1-2-7-16(8-3-1)9-4-15(19-16)13-18-12-14-5-10-17-11-6-14/h14-15,17H,1-13H2. The summed E-state index contributed by atoms with van der Waals surface area (Å²) in [7, 11) is 0. The lowest BCUT2D eigenvalue weighted by Gasteiger charge is -2.33. The van der Waals surface area contributed by atoms with Crippen LogP contribution >= 0.6 is 0 Å². The molecule has 1 saturated carbocycles. The zero-order valence-electron chi connectivity index (χ0n) is 12.2. The van der Waals surface area contributed by atoms with Gasteiger partial charge in [0.25, 0.3) is 0 Å². The fourth-order valence-corrected chi connectivity index (χ4v) is 3.99. The monoisotopic (exact) mass is 267 g/mol. The predicted octanol–water partition coefficient (Wildman–Crippen LogP) is 2.88. The summed E-state index contributed by atoms with van der Waals surface area (Å²) in [4.78, 5) is 0. The highest BCUT2D eigenvalue weighted by Gasteiger charge is 2.40. The normalized spacial score (nSPS) is 31.9. The van der Waals surface area contributed by atoms with Crippen molar-refractivity contribution in [2.45, 2.75) is 69.5 Å². The second-order valence-electron chi connectivity index (χ2n) is 6.75. The average Bonchev–Trinajstić information content (AvgIpc) is 2.84. The molecule has 1 aliphatic carbocycles. The van der Waals surface area contributed by atoms with Crippen molar-refractivity contribution in [3.8, 4) is 0 Å². The Hall–Kier alpha value is -0.120. The quantitative estimate of drug-likeness (QED) is 0.849. The summed E-state index contributed by atoms with van der Waals surface area (Å²) in [5.41, 5.74) is 0.251. The third kappa shape index (κ3) is 3.71. The van der Waals surface area contributed by atoms with Crippen molar-refractivity contribution in [3.63, 3.8) is 0 Å². The van der Waals surface area contributed by atoms with Gasteiger partial charge in [-0.25, -0.2) is 0 Å². The lowest BCUT2D eigenvalue weighted by Crippen LogP contribution is -2.33. The highest BCUT2D eigenvalue weighted by Crippen LogP contribution is 2.41. The van der Waals surface area contributed by atoms with Crippen LogP contribution in [0.2, 0.25) is 0 Å². The molecule has 1 unspecified atom stereocenters. The molecule has 0 bridgehead atoms. The summed E-state index contributed by atoms with van der Waals surface area (Å²) in [6, 6.07) is 0. The summed E-state index contributed by atoms with van der Waals surface area (Å²) in [6.45, 7) is 4.09. The van der Waals surface area contributed by atoms with Gasteiger partial charge in [0.05, 0.1) is 18.3 Å². The van der Waals surface area contributed by atoms with E-state index in [0.717, 1.165) is 32.2 Å². The maximum atomic E-state index is 6.34. The van der Waals surface area contributed by atoms with E-state index in [1.54, 1.807) is 0 Å². The molecule has 2 heterocycles. The van der Waals surface area contributed by atoms with E-state index < -0.39 is 0 Å². The first-order chi connectivity index (χ1) is 9.36. The predicted molar refractivity (Wildman–Crippen MR) is 76.3 cm³/mol. The Bertz CT molecular complexity index is 270. The first-order valence-electron chi connectivity index (χ1n) is 8.33. The molecule has 2 saturated heterocycles. The van der Waals surface area contributed by atoms with Gasteiger partial charge >= 0.3 is 0 Å². The van der Waals surface area contributed by atoms with E-state index in [1.807, 2.05) is 0 Å². The van der Waals surface area contributed by atoms with Crippen LogP contribution in [0.15, 0.2) is 0 Å². The van der Waals surface area contributed by atoms with Crippen molar-refractivity contribution in [2.75, 3.05) is 26.3 Å². The molecule has 1 N–H and O–H groups in total. The van der Waals surface area contributed by atoms with Gasteiger partial charge in [-0.15, -0.1) is 0 Å². The fourth-order valence-electron chi connectivity index (χ4n) is 3.99. The van der Waals surface area contributed by atoms with Gasteiger partial charge in [-0.1, -0.05) is 19.3 Å². The molecular formula is C16H29NO2. The first-order valence-corrected chi connectivity index (χ1v) is 8.33. The molecular weight excluding hydrogens is 238 g/mol. The number of hydrogen-bond donors (Lipinski definition) is 1. The minimum Gasteiger partial charge on any atom is -0.378 e. The second-order valence-corrected chi connectivity index (χ2v) is 6.75. The highest BCUT2D eigenvalue weighted by atomic mass is 16.6. The zero-order chi connectivity index (χ0) is 13.0.